The summed E-state index contributed by atoms with van der Waals surface area (Å²) in [6.45, 7) is 2.00. The Morgan fingerprint density at radius 2 is 2.32 bits per heavy atom. The standard InChI is InChI=1S/C18H19ClN4O2/c1-25-10-14-6-15(8-20-14)23-9-12-7-21-17(22-16(12)18(23)24)11-3-2-4-13(19)5-11/h2-5,7,14-15,20H,6,8-10H2,1H3/t14-,15+/m0/s1. The monoisotopic (exact) mass is 358 g/mol. The van der Waals surface area contributed by atoms with E-state index < -0.39 is 0 Å². The van der Waals surface area contributed by atoms with Gasteiger partial charge in [0.25, 0.3) is 5.91 Å². The second-order valence-corrected chi connectivity index (χ2v) is 6.90. The summed E-state index contributed by atoms with van der Waals surface area (Å²) >= 11 is 6.04. The number of ether oxygens (including phenoxy) is 1. The molecule has 6 nitrogen and oxygen atoms in total. The summed E-state index contributed by atoms with van der Waals surface area (Å²) in [7, 11) is 1.69. The smallest absolute Gasteiger partial charge is 0.273 e. The summed E-state index contributed by atoms with van der Waals surface area (Å²) in [6, 6.07) is 7.80. The second kappa shape index (κ2) is 6.71. The largest absolute Gasteiger partial charge is 0.383 e. The predicted octanol–water partition coefficient (Wildman–Crippen LogP) is 2.13. The highest BCUT2D eigenvalue weighted by Gasteiger charge is 2.38. The lowest BCUT2D eigenvalue weighted by Crippen LogP contribution is -2.37. The highest BCUT2D eigenvalue weighted by molar-refractivity contribution is 6.30. The van der Waals surface area contributed by atoms with Crippen LogP contribution in [0, 0.1) is 0 Å². The summed E-state index contributed by atoms with van der Waals surface area (Å²) in [4.78, 5) is 23.7. The van der Waals surface area contributed by atoms with Crippen LogP contribution in [0.1, 0.15) is 22.5 Å². The van der Waals surface area contributed by atoms with Crippen LogP contribution in [0.15, 0.2) is 30.5 Å². The number of halogens is 1. The number of fused-ring (bicyclic) bond motifs is 1. The van der Waals surface area contributed by atoms with Gasteiger partial charge in [0, 0.05) is 48.1 Å². The van der Waals surface area contributed by atoms with Crippen molar-refractivity contribution in [1.82, 2.24) is 20.2 Å². The van der Waals surface area contributed by atoms with Gasteiger partial charge in [-0.15, -0.1) is 0 Å². The molecule has 1 N–H and O–H groups in total. The Morgan fingerprint density at radius 1 is 1.44 bits per heavy atom. The summed E-state index contributed by atoms with van der Waals surface area (Å²) in [5, 5.41) is 4.03. The average Bonchev–Trinajstić information content (AvgIpc) is 3.20. The normalized spacial score (nSPS) is 22.5. The number of aromatic nitrogens is 2. The molecule has 7 heteroatoms. The van der Waals surface area contributed by atoms with Crippen molar-refractivity contribution in [2.24, 2.45) is 0 Å². The van der Waals surface area contributed by atoms with Gasteiger partial charge < -0.3 is 15.0 Å². The molecule has 25 heavy (non-hydrogen) atoms. The third-order valence-electron chi connectivity index (χ3n) is 4.76. The van der Waals surface area contributed by atoms with Gasteiger partial charge >= 0.3 is 0 Å². The number of rotatable bonds is 4. The van der Waals surface area contributed by atoms with Crippen molar-refractivity contribution in [2.45, 2.75) is 25.0 Å². The van der Waals surface area contributed by atoms with Gasteiger partial charge in [0.1, 0.15) is 5.69 Å². The first kappa shape index (κ1) is 16.4. The average molecular weight is 359 g/mol. The maximum absolute atomic E-state index is 12.8. The summed E-state index contributed by atoms with van der Waals surface area (Å²) < 4.78 is 5.20. The summed E-state index contributed by atoms with van der Waals surface area (Å²) in [5.74, 6) is 0.504. The molecule has 130 valence electrons. The van der Waals surface area contributed by atoms with Crippen LogP contribution in [0.5, 0.6) is 0 Å². The van der Waals surface area contributed by atoms with Crippen molar-refractivity contribution in [2.75, 3.05) is 20.3 Å². The number of benzene rings is 1. The first-order valence-electron chi connectivity index (χ1n) is 8.31. The molecule has 3 heterocycles. The van der Waals surface area contributed by atoms with Gasteiger partial charge in [-0.25, -0.2) is 9.97 Å². The fraction of sp³-hybridized carbons (Fsp3) is 0.389. The van der Waals surface area contributed by atoms with Crippen molar-refractivity contribution < 1.29 is 9.53 Å². The first-order chi connectivity index (χ1) is 12.2. The van der Waals surface area contributed by atoms with Gasteiger partial charge in [-0.3, -0.25) is 4.79 Å². The minimum Gasteiger partial charge on any atom is -0.383 e. The van der Waals surface area contributed by atoms with Crippen molar-refractivity contribution in [1.29, 1.82) is 0 Å². The van der Waals surface area contributed by atoms with E-state index in [-0.39, 0.29) is 11.9 Å². The van der Waals surface area contributed by atoms with E-state index in [4.69, 9.17) is 16.3 Å². The van der Waals surface area contributed by atoms with E-state index in [1.54, 1.807) is 25.4 Å². The molecule has 0 spiro atoms. The van der Waals surface area contributed by atoms with Crippen LogP contribution < -0.4 is 5.32 Å². The third-order valence-corrected chi connectivity index (χ3v) is 4.99. The van der Waals surface area contributed by atoms with Gasteiger partial charge in [-0.2, -0.15) is 0 Å². The van der Waals surface area contributed by atoms with E-state index >= 15 is 0 Å². The number of amides is 1. The molecule has 2 aliphatic heterocycles. The molecule has 0 bridgehead atoms. The Labute approximate surface area is 151 Å². The maximum atomic E-state index is 12.8. The minimum atomic E-state index is -0.0226. The van der Waals surface area contributed by atoms with Gasteiger partial charge in [-0.05, 0) is 18.6 Å². The topological polar surface area (TPSA) is 67.3 Å². The number of carbonyl (C=O) groups excluding carboxylic acids is 1. The molecule has 0 aliphatic carbocycles. The zero-order valence-corrected chi connectivity index (χ0v) is 14.7. The van der Waals surface area contributed by atoms with Crippen LogP contribution in [0.25, 0.3) is 11.4 Å². The number of hydrogen-bond donors (Lipinski definition) is 1. The number of hydrogen-bond acceptors (Lipinski definition) is 5. The lowest BCUT2D eigenvalue weighted by atomic mass is 10.1. The van der Waals surface area contributed by atoms with Crippen LogP contribution in [0.3, 0.4) is 0 Å². The summed E-state index contributed by atoms with van der Waals surface area (Å²) in [5.41, 5.74) is 2.19. The highest BCUT2D eigenvalue weighted by Crippen LogP contribution is 2.28. The van der Waals surface area contributed by atoms with E-state index in [1.165, 1.54) is 0 Å². The van der Waals surface area contributed by atoms with Crippen LogP contribution in [-0.4, -0.2) is 53.1 Å². The molecule has 0 unspecified atom stereocenters. The molecule has 4 rings (SSSR count). The Balaban J connectivity index is 1.56. The van der Waals surface area contributed by atoms with Crippen LogP contribution in [-0.2, 0) is 11.3 Å². The Bertz CT molecular complexity index is 813. The number of nitrogens with zero attached hydrogens (tertiary/aromatic N) is 3. The van der Waals surface area contributed by atoms with Crippen LogP contribution >= 0.6 is 11.6 Å². The van der Waals surface area contributed by atoms with E-state index in [1.807, 2.05) is 17.0 Å². The molecule has 1 amide bonds. The number of nitrogens with one attached hydrogen (secondary N) is 1. The summed E-state index contributed by atoms with van der Waals surface area (Å²) in [6.07, 6.45) is 2.65. The van der Waals surface area contributed by atoms with Crippen LogP contribution in [0.4, 0.5) is 0 Å². The predicted molar refractivity (Wildman–Crippen MR) is 94.4 cm³/mol. The molecule has 1 saturated heterocycles. The van der Waals surface area contributed by atoms with Crippen LogP contribution in [0.2, 0.25) is 5.02 Å². The van der Waals surface area contributed by atoms with E-state index in [2.05, 4.69) is 15.3 Å². The lowest BCUT2D eigenvalue weighted by molar-refractivity contribution is 0.0707. The zero-order chi connectivity index (χ0) is 17.4. The van der Waals surface area contributed by atoms with Gasteiger partial charge in [-0.1, -0.05) is 23.7 Å². The van der Waals surface area contributed by atoms with Gasteiger partial charge in [0.05, 0.1) is 13.2 Å². The van der Waals surface area contributed by atoms with Gasteiger partial charge in [0.15, 0.2) is 5.82 Å². The van der Waals surface area contributed by atoms with E-state index in [9.17, 15) is 4.79 Å². The molecular weight excluding hydrogens is 340 g/mol. The molecule has 1 aromatic carbocycles. The fourth-order valence-electron chi connectivity index (χ4n) is 3.52. The second-order valence-electron chi connectivity index (χ2n) is 6.46. The van der Waals surface area contributed by atoms with E-state index in [0.717, 1.165) is 24.1 Å². The molecule has 2 atom stereocenters. The Morgan fingerprint density at radius 3 is 3.12 bits per heavy atom. The molecule has 1 aromatic heterocycles. The Hall–Kier alpha value is -2.02. The van der Waals surface area contributed by atoms with E-state index in [0.29, 0.717) is 35.7 Å². The first-order valence-corrected chi connectivity index (χ1v) is 8.68. The molecular formula is C18H19ClN4O2. The molecule has 2 aliphatic rings. The fourth-order valence-corrected chi connectivity index (χ4v) is 3.71. The molecule has 2 aromatic rings. The van der Waals surface area contributed by atoms with Crippen molar-refractivity contribution in [3.8, 4) is 11.4 Å². The SMILES string of the molecule is COC[C@@H]1C[C@@H](N2Cc3cnc(-c4cccc(Cl)c4)nc3C2=O)CN1. The number of methoxy groups -OCH3 is 1. The lowest BCUT2D eigenvalue weighted by Gasteiger charge is -2.22. The zero-order valence-electron chi connectivity index (χ0n) is 13.9. The Kier molecular flexibility index (Phi) is 4.41. The highest BCUT2D eigenvalue weighted by atomic mass is 35.5. The quantitative estimate of drug-likeness (QED) is 0.906. The molecule has 0 radical (unpaired) electrons. The molecule has 0 saturated carbocycles. The van der Waals surface area contributed by atoms with Gasteiger partial charge in [0.2, 0.25) is 0 Å². The third kappa shape index (κ3) is 3.13. The van der Waals surface area contributed by atoms with Crippen molar-refractivity contribution in [3.05, 3.63) is 46.7 Å². The number of carbonyl (C=O) groups is 1. The maximum Gasteiger partial charge on any atom is 0.273 e. The van der Waals surface area contributed by atoms with Crippen molar-refractivity contribution in [3.63, 3.8) is 0 Å². The van der Waals surface area contributed by atoms with Crippen molar-refractivity contribution >= 4 is 17.5 Å². The molecule has 1 fully saturated rings. The minimum absolute atomic E-state index is 0.0226.